The molecule has 0 saturated heterocycles. The van der Waals surface area contributed by atoms with E-state index in [1.807, 2.05) is 0 Å². The Labute approximate surface area is 112 Å². The summed E-state index contributed by atoms with van der Waals surface area (Å²) < 4.78 is 10.5. The Morgan fingerprint density at radius 1 is 1.26 bits per heavy atom. The molecule has 5 nitrogen and oxygen atoms in total. The number of aldehydes is 1. The highest BCUT2D eigenvalue weighted by Crippen LogP contribution is 2.10. The quantitative estimate of drug-likeness (QED) is 0.656. The third-order valence-electron chi connectivity index (χ3n) is 2.06. The molecule has 0 heterocycles. The van der Waals surface area contributed by atoms with Gasteiger partial charge in [0.25, 0.3) is 0 Å². The normalized spacial score (nSPS) is 10.7. The van der Waals surface area contributed by atoms with Crippen LogP contribution in [0.2, 0.25) is 0 Å². The minimum atomic E-state index is -0.504. The summed E-state index contributed by atoms with van der Waals surface area (Å²) in [7, 11) is 0. The van der Waals surface area contributed by atoms with Gasteiger partial charge in [0, 0.05) is 5.56 Å². The van der Waals surface area contributed by atoms with Crippen molar-refractivity contribution in [2.24, 2.45) is 0 Å². The van der Waals surface area contributed by atoms with Crippen molar-refractivity contribution < 1.29 is 19.1 Å². The van der Waals surface area contributed by atoms with E-state index in [1.165, 1.54) is 0 Å². The van der Waals surface area contributed by atoms with E-state index in [0.29, 0.717) is 24.5 Å². The van der Waals surface area contributed by atoms with Crippen LogP contribution in [0.5, 0.6) is 5.75 Å². The van der Waals surface area contributed by atoms with Gasteiger partial charge in [0.05, 0.1) is 6.54 Å². The average Bonchev–Trinajstić information content (AvgIpc) is 2.33. The molecule has 1 N–H and O–H groups in total. The number of benzene rings is 1. The standard InChI is InChI=1S/C14H19NO4/c1-14(2,3)19-13(17)15-8-9-18-12-6-4-11(10-16)5-7-12/h4-7,10H,8-9H2,1-3H3,(H,15,17). The summed E-state index contributed by atoms with van der Waals surface area (Å²) in [6, 6.07) is 6.75. The zero-order chi connectivity index (χ0) is 14.3. The van der Waals surface area contributed by atoms with Crippen molar-refractivity contribution in [2.45, 2.75) is 26.4 Å². The molecule has 0 atom stereocenters. The lowest BCUT2D eigenvalue weighted by molar-refractivity contribution is 0.0520. The van der Waals surface area contributed by atoms with Crippen molar-refractivity contribution in [1.29, 1.82) is 0 Å². The number of carbonyl (C=O) groups excluding carboxylic acids is 2. The van der Waals surface area contributed by atoms with Crippen molar-refractivity contribution >= 4 is 12.4 Å². The number of nitrogens with one attached hydrogen (secondary N) is 1. The fraction of sp³-hybridized carbons (Fsp3) is 0.429. The van der Waals surface area contributed by atoms with Crippen molar-refractivity contribution in [3.05, 3.63) is 29.8 Å². The number of rotatable bonds is 5. The van der Waals surface area contributed by atoms with Crippen LogP contribution in [0.4, 0.5) is 4.79 Å². The highest BCUT2D eigenvalue weighted by molar-refractivity contribution is 5.74. The van der Waals surface area contributed by atoms with E-state index in [-0.39, 0.29) is 0 Å². The molecule has 0 aliphatic heterocycles. The van der Waals surface area contributed by atoms with Crippen LogP contribution in [-0.4, -0.2) is 31.1 Å². The van der Waals surface area contributed by atoms with Crippen LogP contribution in [0.25, 0.3) is 0 Å². The molecule has 19 heavy (non-hydrogen) atoms. The van der Waals surface area contributed by atoms with Gasteiger partial charge in [0.1, 0.15) is 24.2 Å². The molecule has 1 amide bonds. The SMILES string of the molecule is CC(C)(C)OC(=O)NCCOc1ccc(C=O)cc1. The largest absolute Gasteiger partial charge is 0.492 e. The number of alkyl carbamates (subject to hydrolysis) is 1. The lowest BCUT2D eigenvalue weighted by Crippen LogP contribution is -2.34. The van der Waals surface area contributed by atoms with Gasteiger partial charge in [0.2, 0.25) is 0 Å². The number of hydrogen-bond donors (Lipinski definition) is 1. The first-order chi connectivity index (χ1) is 8.90. The Kier molecular flexibility index (Phi) is 5.36. The molecule has 104 valence electrons. The molecule has 0 saturated carbocycles. The Bertz CT molecular complexity index is 420. The summed E-state index contributed by atoms with van der Waals surface area (Å²) >= 11 is 0. The maximum absolute atomic E-state index is 11.3. The number of ether oxygens (including phenoxy) is 2. The lowest BCUT2D eigenvalue weighted by Gasteiger charge is -2.19. The molecule has 0 spiro atoms. The fourth-order valence-corrected chi connectivity index (χ4v) is 1.28. The Hall–Kier alpha value is -2.04. The highest BCUT2D eigenvalue weighted by atomic mass is 16.6. The molecule has 0 radical (unpaired) electrons. The second kappa shape index (κ2) is 6.78. The molecule has 0 fully saturated rings. The van der Waals surface area contributed by atoms with E-state index in [0.717, 1.165) is 6.29 Å². The van der Waals surface area contributed by atoms with E-state index in [9.17, 15) is 9.59 Å². The Morgan fingerprint density at radius 2 is 1.89 bits per heavy atom. The number of hydrogen-bond acceptors (Lipinski definition) is 4. The van der Waals surface area contributed by atoms with E-state index in [1.54, 1.807) is 45.0 Å². The van der Waals surface area contributed by atoms with Gasteiger partial charge in [-0.2, -0.15) is 0 Å². The monoisotopic (exact) mass is 265 g/mol. The molecule has 0 aliphatic rings. The summed E-state index contributed by atoms with van der Waals surface area (Å²) in [5.41, 5.74) is 0.0921. The molecule has 0 unspecified atom stereocenters. The summed E-state index contributed by atoms with van der Waals surface area (Å²) in [5.74, 6) is 0.650. The van der Waals surface area contributed by atoms with E-state index >= 15 is 0 Å². The second-order valence-corrected chi connectivity index (χ2v) is 4.96. The summed E-state index contributed by atoms with van der Waals surface area (Å²) in [5, 5.41) is 2.59. The van der Waals surface area contributed by atoms with E-state index < -0.39 is 11.7 Å². The summed E-state index contributed by atoms with van der Waals surface area (Å²) in [6.07, 6.45) is 0.306. The van der Waals surface area contributed by atoms with Gasteiger partial charge >= 0.3 is 6.09 Å². The summed E-state index contributed by atoms with van der Waals surface area (Å²) in [6.45, 7) is 6.09. The predicted octanol–water partition coefficient (Wildman–Crippen LogP) is 2.40. The minimum absolute atomic E-state index is 0.333. The van der Waals surface area contributed by atoms with Crippen LogP contribution < -0.4 is 10.1 Å². The van der Waals surface area contributed by atoms with E-state index in [4.69, 9.17) is 9.47 Å². The molecule has 0 aromatic heterocycles. The smallest absolute Gasteiger partial charge is 0.407 e. The molecule has 1 aromatic carbocycles. The first kappa shape index (κ1) is 15.0. The van der Waals surface area contributed by atoms with Gasteiger partial charge in [-0.15, -0.1) is 0 Å². The molecule has 0 aliphatic carbocycles. The van der Waals surface area contributed by atoms with Crippen LogP contribution in [-0.2, 0) is 4.74 Å². The van der Waals surface area contributed by atoms with Crippen LogP contribution >= 0.6 is 0 Å². The third-order valence-corrected chi connectivity index (χ3v) is 2.06. The van der Waals surface area contributed by atoms with Gasteiger partial charge in [0.15, 0.2) is 0 Å². The molecule has 1 aromatic rings. The topological polar surface area (TPSA) is 64.6 Å². The lowest BCUT2D eigenvalue weighted by atomic mass is 10.2. The van der Waals surface area contributed by atoms with Gasteiger partial charge < -0.3 is 14.8 Å². The van der Waals surface area contributed by atoms with Crippen molar-refractivity contribution in [1.82, 2.24) is 5.32 Å². The molecular weight excluding hydrogens is 246 g/mol. The third kappa shape index (κ3) is 6.45. The van der Waals surface area contributed by atoms with Crippen molar-refractivity contribution in [3.8, 4) is 5.75 Å². The first-order valence-electron chi connectivity index (χ1n) is 6.05. The van der Waals surface area contributed by atoms with Crippen LogP contribution in [0, 0.1) is 0 Å². The number of amides is 1. The van der Waals surface area contributed by atoms with Crippen molar-refractivity contribution in [3.63, 3.8) is 0 Å². The van der Waals surface area contributed by atoms with E-state index in [2.05, 4.69) is 5.32 Å². The van der Waals surface area contributed by atoms with Gasteiger partial charge in [-0.25, -0.2) is 4.79 Å². The molecule has 1 rings (SSSR count). The molecular formula is C14H19NO4. The second-order valence-electron chi connectivity index (χ2n) is 4.96. The Balaban J connectivity index is 2.23. The predicted molar refractivity (Wildman–Crippen MR) is 71.6 cm³/mol. The highest BCUT2D eigenvalue weighted by Gasteiger charge is 2.15. The Morgan fingerprint density at radius 3 is 2.42 bits per heavy atom. The van der Waals surface area contributed by atoms with Crippen LogP contribution in [0.15, 0.2) is 24.3 Å². The maximum Gasteiger partial charge on any atom is 0.407 e. The van der Waals surface area contributed by atoms with Crippen LogP contribution in [0.1, 0.15) is 31.1 Å². The molecule has 0 bridgehead atoms. The number of carbonyl (C=O) groups is 2. The van der Waals surface area contributed by atoms with Crippen molar-refractivity contribution in [2.75, 3.05) is 13.2 Å². The zero-order valence-corrected chi connectivity index (χ0v) is 11.4. The fourth-order valence-electron chi connectivity index (χ4n) is 1.28. The first-order valence-corrected chi connectivity index (χ1v) is 6.05. The average molecular weight is 265 g/mol. The van der Waals surface area contributed by atoms with Gasteiger partial charge in [-0.1, -0.05) is 0 Å². The zero-order valence-electron chi connectivity index (χ0n) is 11.4. The van der Waals surface area contributed by atoms with Gasteiger partial charge in [-0.05, 0) is 45.0 Å². The van der Waals surface area contributed by atoms with Gasteiger partial charge in [-0.3, -0.25) is 4.79 Å². The van der Waals surface area contributed by atoms with Crippen LogP contribution in [0.3, 0.4) is 0 Å². The molecule has 5 heteroatoms. The minimum Gasteiger partial charge on any atom is -0.492 e. The summed E-state index contributed by atoms with van der Waals surface area (Å²) in [4.78, 5) is 21.8. The maximum atomic E-state index is 11.3.